The molecule has 0 spiro atoms. The third-order valence-electron chi connectivity index (χ3n) is 3.17. The molecule has 0 bridgehead atoms. The zero-order chi connectivity index (χ0) is 14.6. The zero-order valence-corrected chi connectivity index (χ0v) is 12.7. The van der Waals surface area contributed by atoms with Gasteiger partial charge in [-0.3, -0.25) is 0 Å². The molecular weight excluding hydrogens is 250 g/mol. The fourth-order valence-electron chi connectivity index (χ4n) is 2.01. The average Bonchev–Trinajstić information content (AvgIpc) is 2.84. The molecule has 20 heavy (non-hydrogen) atoms. The van der Waals surface area contributed by atoms with E-state index in [-0.39, 0.29) is 5.41 Å². The Kier molecular flexibility index (Phi) is 4.50. The lowest BCUT2D eigenvalue weighted by Gasteiger charge is -2.19. The summed E-state index contributed by atoms with van der Waals surface area (Å²) in [4.78, 5) is 0. The van der Waals surface area contributed by atoms with E-state index >= 15 is 0 Å². The van der Waals surface area contributed by atoms with Crippen LogP contribution < -0.4 is 10.1 Å². The smallest absolute Gasteiger partial charge is 0.146 e. The van der Waals surface area contributed by atoms with Crippen molar-refractivity contribution in [1.29, 1.82) is 0 Å². The molecule has 0 aliphatic heterocycles. The summed E-state index contributed by atoms with van der Waals surface area (Å²) in [5, 5.41) is 3.09. The van der Waals surface area contributed by atoms with Crippen LogP contribution in [0.2, 0.25) is 0 Å². The Hall–Kier alpha value is -1.74. The Morgan fingerprint density at radius 2 is 2.00 bits per heavy atom. The van der Waals surface area contributed by atoms with E-state index < -0.39 is 0 Å². The molecule has 108 valence electrons. The molecule has 1 aromatic heterocycles. The van der Waals surface area contributed by atoms with Crippen molar-refractivity contribution in [2.45, 2.75) is 39.3 Å². The Morgan fingerprint density at radius 1 is 1.20 bits per heavy atom. The van der Waals surface area contributed by atoms with E-state index in [2.05, 4.69) is 38.2 Å². The third-order valence-corrected chi connectivity index (χ3v) is 3.17. The Morgan fingerprint density at radius 3 is 2.70 bits per heavy atom. The van der Waals surface area contributed by atoms with E-state index in [0.29, 0.717) is 6.61 Å². The standard InChI is InChI=1S/C17H23NO2/c1-17(2,3)14-6-5-7-15(9-14)20-12-16-8-13(10-18-4)11-19-16/h5-9,11,18H,10,12H2,1-4H3. The number of rotatable bonds is 5. The Bertz CT molecular complexity index is 552. The number of furan rings is 1. The highest BCUT2D eigenvalue weighted by Crippen LogP contribution is 2.26. The lowest BCUT2D eigenvalue weighted by Crippen LogP contribution is -2.10. The predicted molar refractivity (Wildman–Crippen MR) is 80.9 cm³/mol. The van der Waals surface area contributed by atoms with Gasteiger partial charge in [0, 0.05) is 12.1 Å². The van der Waals surface area contributed by atoms with Gasteiger partial charge in [-0.05, 0) is 36.2 Å². The van der Waals surface area contributed by atoms with E-state index in [9.17, 15) is 0 Å². The highest BCUT2D eigenvalue weighted by molar-refractivity contribution is 5.32. The van der Waals surface area contributed by atoms with Gasteiger partial charge in [0.1, 0.15) is 18.1 Å². The molecule has 0 saturated carbocycles. The highest BCUT2D eigenvalue weighted by Gasteiger charge is 2.14. The summed E-state index contributed by atoms with van der Waals surface area (Å²) in [7, 11) is 1.92. The van der Waals surface area contributed by atoms with E-state index in [1.807, 2.05) is 25.2 Å². The van der Waals surface area contributed by atoms with Crippen molar-refractivity contribution in [3.63, 3.8) is 0 Å². The fraction of sp³-hybridized carbons (Fsp3) is 0.412. The predicted octanol–water partition coefficient (Wildman–Crippen LogP) is 3.88. The van der Waals surface area contributed by atoms with Gasteiger partial charge in [0.2, 0.25) is 0 Å². The first-order chi connectivity index (χ1) is 9.49. The minimum atomic E-state index is 0.129. The molecule has 0 aliphatic carbocycles. The first-order valence-electron chi connectivity index (χ1n) is 6.93. The van der Waals surface area contributed by atoms with Gasteiger partial charge in [0.05, 0.1) is 6.26 Å². The van der Waals surface area contributed by atoms with Gasteiger partial charge in [-0.2, -0.15) is 0 Å². The lowest BCUT2D eigenvalue weighted by molar-refractivity contribution is 0.269. The van der Waals surface area contributed by atoms with Crippen molar-refractivity contribution in [2.75, 3.05) is 7.05 Å². The van der Waals surface area contributed by atoms with E-state index in [4.69, 9.17) is 9.15 Å². The van der Waals surface area contributed by atoms with Gasteiger partial charge < -0.3 is 14.5 Å². The van der Waals surface area contributed by atoms with Gasteiger partial charge in [-0.15, -0.1) is 0 Å². The van der Waals surface area contributed by atoms with Crippen molar-refractivity contribution in [1.82, 2.24) is 5.32 Å². The highest BCUT2D eigenvalue weighted by atomic mass is 16.5. The van der Waals surface area contributed by atoms with Crippen molar-refractivity contribution >= 4 is 0 Å². The molecule has 3 heteroatoms. The molecule has 2 rings (SSSR count). The van der Waals surface area contributed by atoms with Crippen LogP contribution in [0.3, 0.4) is 0 Å². The second-order valence-electron chi connectivity index (χ2n) is 6.02. The lowest BCUT2D eigenvalue weighted by atomic mass is 9.87. The van der Waals surface area contributed by atoms with Crippen LogP contribution >= 0.6 is 0 Å². The first kappa shape index (κ1) is 14.7. The molecule has 0 atom stereocenters. The van der Waals surface area contributed by atoms with Crippen molar-refractivity contribution in [3.05, 3.63) is 53.5 Å². The summed E-state index contributed by atoms with van der Waals surface area (Å²) in [6, 6.07) is 10.3. The van der Waals surface area contributed by atoms with Crippen LogP contribution in [0, 0.1) is 0 Å². The van der Waals surface area contributed by atoms with Crippen molar-refractivity contribution < 1.29 is 9.15 Å². The summed E-state index contributed by atoms with van der Waals surface area (Å²) in [5.41, 5.74) is 2.53. The molecule has 3 nitrogen and oxygen atoms in total. The van der Waals surface area contributed by atoms with Crippen molar-refractivity contribution in [2.24, 2.45) is 0 Å². The van der Waals surface area contributed by atoms with Gasteiger partial charge in [-0.25, -0.2) is 0 Å². The summed E-state index contributed by atoms with van der Waals surface area (Å²) in [5.74, 6) is 1.72. The molecular formula is C17H23NO2. The van der Waals surface area contributed by atoms with Crippen LogP contribution in [0.4, 0.5) is 0 Å². The van der Waals surface area contributed by atoms with Gasteiger partial charge in [0.15, 0.2) is 0 Å². The molecule has 1 heterocycles. The van der Waals surface area contributed by atoms with Crippen LogP contribution in [0.15, 0.2) is 41.0 Å². The van der Waals surface area contributed by atoms with Crippen molar-refractivity contribution in [3.8, 4) is 5.75 Å². The maximum Gasteiger partial charge on any atom is 0.146 e. The molecule has 2 aromatic rings. The van der Waals surface area contributed by atoms with E-state index in [1.54, 1.807) is 6.26 Å². The van der Waals surface area contributed by atoms with Crippen LogP contribution in [-0.4, -0.2) is 7.05 Å². The quantitative estimate of drug-likeness (QED) is 0.898. The molecule has 0 unspecified atom stereocenters. The SMILES string of the molecule is CNCc1coc(COc2cccc(C(C)(C)C)c2)c1. The largest absolute Gasteiger partial charge is 0.486 e. The number of hydrogen-bond donors (Lipinski definition) is 1. The molecule has 1 N–H and O–H groups in total. The van der Waals surface area contributed by atoms with Gasteiger partial charge in [0.25, 0.3) is 0 Å². The molecule has 0 fully saturated rings. The van der Waals surface area contributed by atoms with Gasteiger partial charge >= 0.3 is 0 Å². The van der Waals surface area contributed by atoms with Gasteiger partial charge in [-0.1, -0.05) is 32.9 Å². The number of hydrogen-bond acceptors (Lipinski definition) is 3. The minimum Gasteiger partial charge on any atom is -0.486 e. The molecule has 0 aliphatic rings. The van der Waals surface area contributed by atoms with Crippen LogP contribution in [-0.2, 0) is 18.6 Å². The topological polar surface area (TPSA) is 34.4 Å². The second-order valence-corrected chi connectivity index (χ2v) is 6.02. The number of ether oxygens (including phenoxy) is 1. The normalized spacial score (nSPS) is 11.6. The second kappa shape index (κ2) is 6.14. The maximum atomic E-state index is 5.81. The van der Waals surface area contributed by atoms with E-state index in [1.165, 1.54) is 5.56 Å². The average molecular weight is 273 g/mol. The minimum absolute atomic E-state index is 0.129. The summed E-state index contributed by atoms with van der Waals surface area (Å²) < 4.78 is 11.3. The van der Waals surface area contributed by atoms with Crippen LogP contribution in [0.5, 0.6) is 5.75 Å². The maximum absolute atomic E-state index is 5.81. The number of benzene rings is 1. The summed E-state index contributed by atoms with van der Waals surface area (Å²) >= 11 is 0. The third kappa shape index (κ3) is 3.87. The van der Waals surface area contributed by atoms with Crippen LogP contribution in [0.25, 0.3) is 0 Å². The fourth-order valence-corrected chi connectivity index (χ4v) is 2.01. The Balaban J connectivity index is 1.99. The molecule has 0 radical (unpaired) electrons. The van der Waals surface area contributed by atoms with Crippen LogP contribution in [0.1, 0.15) is 37.7 Å². The number of nitrogens with one attached hydrogen (secondary N) is 1. The first-order valence-corrected chi connectivity index (χ1v) is 6.93. The Labute approximate surface area is 121 Å². The van der Waals surface area contributed by atoms with E-state index in [0.717, 1.165) is 23.6 Å². The summed E-state index contributed by atoms with van der Waals surface area (Å²) in [6.45, 7) is 7.86. The molecule has 0 amide bonds. The molecule has 0 saturated heterocycles. The summed E-state index contributed by atoms with van der Waals surface area (Å²) in [6.07, 6.45) is 1.76. The molecule has 1 aromatic carbocycles. The monoisotopic (exact) mass is 273 g/mol. The zero-order valence-electron chi connectivity index (χ0n) is 12.7.